The van der Waals surface area contributed by atoms with E-state index in [1.54, 1.807) is 6.07 Å². The lowest BCUT2D eigenvalue weighted by molar-refractivity contribution is -0.134. The van der Waals surface area contributed by atoms with Crippen LogP contribution in [-0.4, -0.2) is 22.3 Å². The van der Waals surface area contributed by atoms with Gasteiger partial charge in [0.05, 0.1) is 12.5 Å². The molecule has 128 valence electrons. The highest BCUT2D eigenvalue weighted by atomic mass is 19.1. The van der Waals surface area contributed by atoms with Crippen molar-refractivity contribution in [2.24, 2.45) is 0 Å². The number of piperidine rings is 1. The summed E-state index contributed by atoms with van der Waals surface area (Å²) in [5, 5.41) is 1.17. The van der Waals surface area contributed by atoms with Crippen molar-refractivity contribution in [1.29, 1.82) is 0 Å². The second kappa shape index (κ2) is 6.71. The van der Waals surface area contributed by atoms with E-state index in [0.29, 0.717) is 0 Å². The van der Waals surface area contributed by atoms with Crippen molar-refractivity contribution in [2.45, 2.75) is 31.7 Å². The van der Waals surface area contributed by atoms with Crippen LogP contribution in [0.4, 0.5) is 4.39 Å². The maximum absolute atomic E-state index is 13.4. The molecule has 0 saturated carbocycles. The van der Waals surface area contributed by atoms with Gasteiger partial charge >= 0.3 is 0 Å². The fourth-order valence-electron chi connectivity index (χ4n) is 3.75. The Morgan fingerprint density at radius 3 is 2.84 bits per heavy atom. The molecular weight excluding hydrogens is 315 g/mol. The Labute approximate surface area is 146 Å². The van der Waals surface area contributed by atoms with E-state index in [-0.39, 0.29) is 24.2 Å². The van der Waals surface area contributed by atoms with Gasteiger partial charge in [0, 0.05) is 17.8 Å². The smallest absolute Gasteiger partial charge is 0.227 e. The normalized spacial score (nSPS) is 17.8. The zero-order valence-electron chi connectivity index (χ0n) is 14.0. The first kappa shape index (κ1) is 15.9. The van der Waals surface area contributed by atoms with Crippen LogP contribution < -0.4 is 0 Å². The summed E-state index contributed by atoms with van der Waals surface area (Å²) >= 11 is 0. The second-order valence-electron chi connectivity index (χ2n) is 6.72. The van der Waals surface area contributed by atoms with Crippen molar-refractivity contribution in [3.8, 4) is 0 Å². The summed E-state index contributed by atoms with van der Waals surface area (Å²) in [5.74, 6) is -0.231. The van der Waals surface area contributed by atoms with Gasteiger partial charge in [0.1, 0.15) is 5.82 Å². The lowest BCUT2D eigenvalue weighted by Gasteiger charge is -2.35. The molecule has 1 aromatic heterocycles. The van der Waals surface area contributed by atoms with Crippen molar-refractivity contribution in [3.05, 3.63) is 71.7 Å². The summed E-state index contributed by atoms with van der Waals surface area (Å²) in [6.45, 7) is 0.758. The quantitative estimate of drug-likeness (QED) is 0.745. The Morgan fingerprint density at radius 1 is 1.12 bits per heavy atom. The Hall–Kier alpha value is -2.62. The number of aromatic nitrogens is 1. The molecule has 1 saturated heterocycles. The summed E-state index contributed by atoms with van der Waals surface area (Å²) in [4.78, 5) is 18.3. The highest BCUT2D eigenvalue weighted by Crippen LogP contribution is 2.32. The molecule has 2 aromatic carbocycles. The second-order valence-corrected chi connectivity index (χ2v) is 6.72. The molecule has 4 rings (SSSR count). The molecule has 0 bridgehead atoms. The van der Waals surface area contributed by atoms with Gasteiger partial charge in [-0.05, 0) is 54.5 Å². The number of carbonyl (C=O) groups is 1. The third-order valence-electron chi connectivity index (χ3n) is 4.98. The molecule has 0 aliphatic carbocycles. The van der Waals surface area contributed by atoms with E-state index < -0.39 is 0 Å². The van der Waals surface area contributed by atoms with Crippen molar-refractivity contribution in [1.82, 2.24) is 9.88 Å². The molecule has 1 unspecified atom stereocenters. The van der Waals surface area contributed by atoms with E-state index in [1.807, 2.05) is 23.1 Å². The highest BCUT2D eigenvalue weighted by Gasteiger charge is 2.29. The molecule has 25 heavy (non-hydrogen) atoms. The number of hydrogen-bond donors (Lipinski definition) is 1. The minimum Gasteiger partial charge on any atom is -0.357 e. The first-order valence-electron chi connectivity index (χ1n) is 8.82. The molecule has 1 atom stereocenters. The van der Waals surface area contributed by atoms with Gasteiger partial charge in [-0.25, -0.2) is 4.39 Å². The van der Waals surface area contributed by atoms with E-state index in [0.717, 1.165) is 42.6 Å². The van der Waals surface area contributed by atoms with E-state index >= 15 is 0 Å². The molecule has 3 aromatic rings. The van der Waals surface area contributed by atoms with Crippen LogP contribution in [0.2, 0.25) is 0 Å². The molecule has 1 aliphatic rings. The standard InChI is InChI=1S/C21H21FN2O/c22-17-8-5-6-15(12-17)13-21(25)24-11-4-3-10-20(24)19-14-16-7-1-2-9-18(16)23-19/h1-2,5-9,12,14,20,23H,3-4,10-11,13H2. The van der Waals surface area contributed by atoms with Crippen molar-refractivity contribution < 1.29 is 9.18 Å². The summed E-state index contributed by atoms with van der Waals surface area (Å²) in [6.07, 6.45) is 3.34. The lowest BCUT2D eigenvalue weighted by Crippen LogP contribution is -2.39. The first-order chi connectivity index (χ1) is 12.2. The van der Waals surface area contributed by atoms with Crippen LogP contribution in [0.5, 0.6) is 0 Å². The zero-order chi connectivity index (χ0) is 17.2. The number of nitrogens with zero attached hydrogens (tertiary/aromatic N) is 1. The molecule has 4 heteroatoms. The van der Waals surface area contributed by atoms with Crippen LogP contribution in [0.15, 0.2) is 54.6 Å². The molecule has 3 nitrogen and oxygen atoms in total. The van der Waals surface area contributed by atoms with Gasteiger partial charge in [-0.15, -0.1) is 0 Å². The molecule has 1 aliphatic heterocycles. The first-order valence-corrected chi connectivity index (χ1v) is 8.82. The molecule has 1 amide bonds. The molecule has 1 fully saturated rings. The van der Waals surface area contributed by atoms with Gasteiger partial charge in [-0.2, -0.15) is 0 Å². The fraction of sp³-hybridized carbons (Fsp3) is 0.286. The fourth-order valence-corrected chi connectivity index (χ4v) is 3.75. The topological polar surface area (TPSA) is 36.1 Å². The van der Waals surface area contributed by atoms with E-state index in [4.69, 9.17) is 0 Å². The van der Waals surface area contributed by atoms with Crippen LogP contribution in [-0.2, 0) is 11.2 Å². The number of nitrogens with one attached hydrogen (secondary N) is 1. The predicted octanol–water partition coefficient (Wildman–Crippen LogP) is 4.60. The Morgan fingerprint density at radius 2 is 2.00 bits per heavy atom. The number of amides is 1. The zero-order valence-corrected chi connectivity index (χ0v) is 14.0. The number of halogens is 1. The third kappa shape index (κ3) is 3.29. The number of carbonyl (C=O) groups excluding carboxylic acids is 1. The Bertz CT molecular complexity index is 869. The van der Waals surface area contributed by atoms with Gasteiger partial charge in [-0.1, -0.05) is 30.3 Å². The largest absolute Gasteiger partial charge is 0.357 e. The van der Waals surface area contributed by atoms with Crippen LogP contribution in [0, 0.1) is 5.82 Å². The average molecular weight is 336 g/mol. The molecular formula is C21H21FN2O. The Balaban J connectivity index is 1.59. The van der Waals surface area contributed by atoms with Gasteiger partial charge < -0.3 is 9.88 Å². The molecule has 0 radical (unpaired) electrons. The van der Waals surface area contributed by atoms with Crippen molar-refractivity contribution in [2.75, 3.05) is 6.54 Å². The number of rotatable bonds is 3. The van der Waals surface area contributed by atoms with Crippen LogP contribution in [0.1, 0.15) is 36.6 Å². The Kier molecular flexibility index (Phi) is 4.26. The number of likely N-dealkylation sites (tertiary alicyclic amines) is 1. The highest BCUT2D eigenvalue weighted by molar-refractivity contribution is 5.82. The third-order valence-corrected chi connectivity index (χ3v) is 4.98. The number of benzene rings is 2. The minimum atomic E-state index is -0.295. The van der Waals surface area contributed by atoms with Crippen LogP contribution >= 0.6 is 0 Å². The molecule has 1 N–H and O–H groups in total. The summed E-state index contributed by atoms with van der Waals surface area (Å²) in [5.41, 5.74) is 2.92. The molecule has 2 heterocycles. The maximum Gasteiger partial charge on any atom is 0.227 e. The maximum atomic E-state index is 13.4. The van der Waals surface area contributed by atoms with Crippen LogP contribution in [0.25, 0.3) is 10.9 Å². The lowest BCUT2D eigenvalue weighted by atomic mass is 9.98. The predicted molar refractivity (Wildman–Crippen MR) is 96.7 cm³/mol. The van der Waals surface area contributed by atoms with Crippen molar-refractivity contribution >= 4 is 16.8 Å². The number of fused-ring (bicyclic) bond motifs is 1. The molecule has 0 spiro atoms. The van der Waals surface area contributed by atoms with Gasteiger partial charge in [0.15, 0.2) is 0 Å². The summed E-state index contributed by atoms with van der Waals surface area (Å²) in [6, 6.07) is 16.7. The number of aromatic amines is 1. The number of para-hydroxylation sites is 1. The van der Waals surface area contributed by atoms with Gasteiger partial charge in [0.25, 0.3) is 0 Å². The summed E-state index contributed by atoms with van der Waals surface area (Å²) < 4.78 is 13.4. The van der Waals surface area contributed by atoms with Gasteiger partial charge in [-0.3, -0.25) is 4.79 Å². The minimum absolute atomic E-state index is 0.0638. The number of hydrogen-bond acceptors (Lipinski definition) is 1. The van der Waals surface area contributed by atoms with Crippen LogP contribution in [0.3, 0.4) is 0 Å². The monoisotopic (exact) mass is 336 g/mol. The summed E-state index contributed by atoms with van der Waals surface area (Å²) in [7, 11) is 0. The van der Waals surface area contributed by atoms with E-state index in [1.165, 1.54) is 17.5 Å². The number of H-pyrrole nitrogens is 1. The van der Waals surface area contributed by atoms with E-state index in [2.05, 4.69) is 23.2 Å². The van der Waals surface area contributed by atoms with Gasteiger partial charge in [0.2, 0.25) is 5.91 Å². The van der Waals surface area contributed by atoms with E-state index in [9.17, 15) is 9.18 Å². The van der Waals surface area contributed by atoms with Crippen molar-refractivity contribution in [3.63, 3.8) is 0 Å². The SMILES string of the molecule is O=C(Cc1cccc(F)c1)N1CCCCC1c1cc2ccccc2[nH]1. The average Bonchev–Trinajstić information content (AvgIpc) is 3.06.